The number of likely N-dealkylation sites (N-methyl/N-ethyl adjacent to an activating group) is 1. The lowest BCUT2D eigenvalue weighted by molar-refractivity contribution is 0.101. The average Bonchev–Trinajstić information content (AvgIpc) is 3.30. The standard InChI is InChI=1S/C26H28ClN3O4/c1-16-19(15-23-25(32)18-5-7-22(31)24(27)26(18)34-23)20-14-17(33-3)4-6-21(20)30(16)13-12-29-10-8-28(2)9-11-29/h4-7,14-15,31H,8-13H2,1-3H3/b23-15-. The lowest BCUT2D eigenvalue weighted by atomic mass is 10.1. The number of halogens is 1. The summed E-state index contributed by atoms with van der Waals surface area (Å²) < 4.78 is 13.6. The maximum absolute atomic E-state index is 13.0. The van der Waals surface area contributed by atoms with Crippen molar-refractivity contribution in [2.75, 3.05) is 46.9 Å². The van der Waals surface area contributed by atoms with Crippen molar-refractivity contribution in [2.45, 2.75) is 13.5 Å². The maximum atomic E-state index is 13.0. The van der Waals surface area contributed by atoms with E-state index in [0.29, 0.717) is 5.56 Å². The minimum absolute atomic E-state index is 0.0437. The molecule has 0 bridgehead atoms. The van der Waals surface area contributed by atoms with Gasteiger partial charge in [0, 0.05) is 61.4 Å². The first-order valence-electron chi connectivity index (χ1n) is 11.4. The molecule has 1 N–H and O–H groups in total. The van der Waals surface area contributed by atoms with Crippen LogP contribution < -0.4 is 9.47 Å². The smallest absolute Gasteiger partial charge is 0.232 e. The highest BCUT2D eigenvalue weighted by atomic mass is 35.5. The number of fused-ring (bicyclic) bond motifs is 2. The largest absolute Gasteiger partial charge is 0.506 e. The van der Waals surface area contributed by atoms with Crippen molar-refractivity contribution in [2.24, 2.45) is 0 Å². The molecule has 0 saturated carbocycles. The molecular weight excluding hydrogens is 454 g/mol. The van der Waals surface area contributed by atoms with Crippen molar-refractivity contribution in [3.8, 4) is 17.2 Å². The number of aromatic hydroxyl groups is 1. The Morgan fingerprint density at radius 3 is 2.65 bits per heavy atom. The number of aromatic nitrogens is 1. The molecule has 0 atom stereocenters. The fourth-order valence-electron chi connectivity index (χ4n) is 4.74. The molecule has 34 heavy (non-hydrogen) atoms. The van der Waals surface area contributed by atoms with Crippen molar-refractivity contribution in [3.05, 3.63) is 57.9 Å². The van der Waals surface area contributed by atoms with Crippen molar-refractivity contribution in [1.29, 1.82) is 0 Å². The van der Waals surface area contributed by atoms with E-state index in [2.05, 4.69) is 34.4 Å². The SMILES string of the molecule is COc1ccc2c(c1)c(/C=C1\Oc3c(ccc(O)c3Cl)C1=O)c(C)n2CCN1CCN(C)CC1. The molecule has 3 heterocycles. The number of hydrogen-bond donors (Lipinski definition) is 1. The van der Waals surface area contributed by atoms with Crippen LogP contribution in [0.15, 0.2) is 36.1 Å². The molecule has 2 aliphatic rings. The number of phenolic OH excluding ortho intramolecular Hbond substituents is 1. The summed E-state index contributed by atoms with van der Waals surface area (Å²) in [6.45, 7) is 8.15. The fraction of sp³-hybridized carbons (Fsp3) is 0.346. The average molecular weight is 482 g/mol. The van der Waals surface area contributed by atoms with Crippen LogP contribution in [0.25, 0.3) is 17.0 Å². The molecular formula is C26H28ClN3O4. The zero-order chi connectivity index (χ0) is 24.0. The molecule has 0 aliphatic carbocycles. The summed E-state index contributed by atoms with van der Waals surface area (Å²) in [5, 5.41) is 10.9. The molecule has 1 aromatic heterocycles. The maximum Gasteiger partial charge on any atom is 0.232 e. The number of nitrogens with zero attached hydrogens (tertiary/aromatic N) is 3. The lowest BCUT2D eigenvalue weighted by Gasteiger charge is -2.32. The summed E-state index contributed by atoms with van der Waals surface area (Å²) in [5.74, 6) is 0.769. The number of Topliss-reactive ketones (excluding diaryl/α,β-unsaturated/α-hetero) is 1. The van der Waals surface area contributed by atoms with Crippen molar-refractivity contribution < 1.29 is 19.4 Å². The second kappa shape index (κ2) is 8.98. The third kappa shape index (κ3) is 3.94. The second-order valence-electron chi connectivity index (χ2n) is 8.89. The number of piperazine rings is 1. The predicted octanol–water partition coefficient (Wildman–Crippen LogP) is 4.18. The molecule has 2 aromatic carbocycles. The summed E-state index contributed by atoms with van der Waals surface area (Å²) in [4.78, 5) is 17.9. The van der Waals surface area contributed by atoms with Crippen LogP contribution in [0.5, 0.6) is 17.2 Å². The molecule has 0 amide bonds. The minimum atomic E-state index is -0.252. The van der Waals surface area contributed by atoms with Gasteiger partial charge in [-0.1, -0.05) is 11.6 Å². The molecule has 0 unspecified atom stereocenters. The third-order valence-electron chi connectivity index (χ3n) is 6.85. The molecule has 0 spiro atoms. The van der Waals surface area contributed by atoms with Crippen LogP contribution in [0.2, 0.25) is 5.02 Å². The summed E-state index contributed by atoms with van der Waals surface area (Å²) >= 11 is 6.18. The van der Waals surface area contributed by atoms with Crippen LogP contribution in [0.1, 0.15) is 21.6 Å². The molecule has 3 aromatic rings. The molecule has 5 rings (SSSR count). The van der Waals surface area contributed by atoms with Crippen LogP contribution in [-0.2, 0) is 6.54 Å². The third-order valence-corrected chi connectivity index (χ3v) is 7.21. The number of carbonyl (C=O) groups excluding carboxylic acids is 1. The highest BCUT2D eigenvalue weighted by molar-refractivity contribution is 6.35. The summed E-state index contributed by atoms with van der Waals surface area (Å²) in [7, 11) is 3.80. The Morgan fingerprint density at radius 1 is 1.15 bits per heavy atom. The van der Waals surface area contributed by atoms with Gasteiger partial charge in [0.15, 0.2) is 11.5 Å². The lowest BCUT2D eigenvalue weighted by Crippen LogP contribution is -2.45. The fourth-order valence-corrected chi connectivity index (χ4v) is 4.94. The summed E-state index contributed by atoms with van der Waals surface area (Å²) in [6, 6.07) is 8.96. The zero-order valence-electron chi connectivity index (χ0n) is 19.6. The van der Waals surface area contributed by atoms with E-state index in [-0.39, 0.29) is 28.1 Å². The summed E-state index contributed by atoms with van der Waals surface area (Å²) in [6.07, 6.45) is 1.78. The Labute approximate surface area is 203 Å². The first-order valence-corrected chi connectivity index (χ1v) is 11.8. The number of ether oxygens (including phenoxy) is 2. The van der Waals surface area contributed by atoms with E-state index in [9.17, 15) is 9.90 Å². The van der Waals surface area contributed by atoms with E-state index in [1.165, 1.54) is 12.1 Å². The van der Waals surface area contributed by atoms with Gasteiger partial charge in [-0.25, -0.2) is 0 Å². The Balaban J connectivity index is 1.52. The van der Waals surface area contributed by atoms with E-state index in [4.69, 9.17) is 21.1 Å². The van der Waals surface area contributed by atoms with E-state index in [1.54, 1.807) is 13.2 Å². The van der Waals surface area contributed by atoms with Crippen LogP contribution >= 0.6 is 11.6 Å². The van der Waals surface area contributed by atoms with E-state index >= 15 is 0 Å². The quantitative estimate of drug-likeness (QED) is 0.551. The Kier molecular flexibility index (Phi) is 6.02. The van der Waals surface area contributed by atoms with E-state index < -0.39 is 0 Å². The molecule has 0 radical (unpaired) electrons. The van der Waals surface area contributed by atoms with Gasteiger partial charge in [0.25, 0.3) is 0 Å². The number of rotatable bonds is 5. The molecule has 178 valence electrons. The minimum Gasteiger partial charge on any atom is -0.506 e. The second-order valence-corrected chi connectivity index (χ2v) is 9.27. The highest BCUT2D eigenvalue weighted by Gasteiger charge is 2.31. The number of methoxy groups -OCH3 is 1. The Bertz CT molecular complexity index is 1310. The number of benzene rings is 2. The summed E-state index contributed by atoms with van der Waals surface area (Å²) in [5.41, 5.74) is 3.39. The van der Waals surface area contributed by atoms with Gasteiger partial charge in [-0.2, -0.15) is 0 Å². The monoisotopic (exact) mass is 481 g/mol. The van der Waals surface area contributed by atoms with Crippen LogP contribution in [0.4, 0.5) is 0 Å². The normalized spacial score (nSPS) is 18.0. The number of ketones is 1. The van der Waals surface area contributed by atoms with Crippen LogP contribution in [-0.4, -0.2) is 72.1 Å². The highest BCUT2D eigenvalue weighted by Crippen LogP contribution is 2.43. The van der Waals surface area contributed by atoms with Crippen molar-refractivity contribution in [1.82, 2.24) is 14.4 Å². The van der Waals surface area contributed by atoms with Crippen LogP contribution in [0.3, 0.4) is 0 Å². The first kappa shape index (κ1) is 22.8. The number of hydrogen-bond acceptors (Lipinski definition) is 6. The first-order chi connectivity index (χ1) is 16.4. The van der Waals surface area contributed by atoms with Gasteiger partial charge >= 0.3 is 0 Å². The number of phenols is 1. The molecule has 2 aliphatic heterocycles. The Morgan fingerprint density at radius 2 is 1.91 bits per heavy atom. The van der Waals surface area contributed by atoms with Crippen molar-refractivity contribution in [3.63, 3.8) is 0 Å². The van der Waals surface area contributed by atoms with Gasteiger partial charge < -0.3 is 24.0 Å². The van der Waals surface area contributed by atoms with Crippen molar-refractivity contribution >= 4 is 34.4 Å². The number of carbonyl (C=O) groups is 1. The zero-order valence-corrected chi connectivity index (χ0v) is 20.4. The van der Waals surface area contributed by atoms with Gasteiger partial charge in [0.1, 0.15) is 16.5 Å². The van der Waals surface area contributed by atoms with E-state index in [1.807, 2.05) is 12.1 Å². The van der Waals surface area contributed by atoms with E-state index in [0.717, 1.165) is 67.2 Å². The molecule has 1 saturated heterocycles. The molecule has 7 nitrogen and oxygen atoms in total. The molecule has 1 fully saturated rings. The van der Waals surface area contributed by atoms with Gasteiger partial charge in [-0.3, -0.25) is 9.69 Å². The van der Waals surface area contributed by atoms with Gasteiger partial charge in [-0.15, -0.1) is 0 Å². The van der Waals surface area contributed by atoms with Gasteiger partial charge in [0.2, 0.25) is 5.78 Å². The Hall–Kier alpha value is -3.00. The molecule has 8 heteroatoms. The number of allylic oxidation sites excluding steroid dienone is 1. The van der Waals surface area contributed by atoms with Gasteiger partial charge in [-0.05, 0) is 50.4 Å². The van der Waals surface area contributed by atoms with Crippen LogP contribution in [0, 0.1) is 6.92 Å². The predicted molar refractivity (Wildman–Crippen MR) is 133 cm³/mol. The van der Waals surface area contributed by atoms with Gasteiger partial charge in [0.05, 0.1) is 12.7 Å². The topological polar surface area (TPSA) is 67.2 Å².